The number of furan rings is 1. The van der Waals surface area contributed by atoms with Gasteiger partial charge in [0.05, 0.1) is 29.2 Å². The number of hydrogen-bond donors (Lipinski definition) is 1. The van der Waals surface area contributed by atoms with E-state index in [-0.39, 0.29) is 40.4 Å². The molecular formula is C32H23ClN4O5. The van der Waals surface area contributed by atoms with Crippen molar-refractivity contribution in [3.63, 3.8) is 0 Å². The second kappa shape index (κ2) is 11.6. The standard InChI is InChI=1S/C32H23ClN4O5/c1-40-27-16-20(15-24(33)30(27)41-19-29(38)35-22-10-3-2-4-11-22)18-34-37-31(28-17-21-9-5-8-14-26(21)42-28)36-25-13-7-6-12-23(25)32(37)39/h2-18H,19H2,1H3,(H,35,38). The number of rotatable bonds is 8. The van der Waals surface area contributed by atoms with E-state index < -0.39 is 0 Å². The molecule has 2 aromatic heterocycles. The van der Waals surface area contributed by atoms with Crippen LogP contribution in [-0.4, -0.2) is 35.5 Å². The normalized spacial score (nSPS) is 11.3. The third kappa shape index (κ3) is 5.45. The topological polar surface area (TPSA) is 108 Å². The van der Waals surface area contributed by atoms with E-state index in [0.29, 0.717) is 33.5 Å². The zero-order valence-corrected chi connectivity index (χ0v) is 23.0. The molecule has 0 aliphatic carbocycles. The third-order valence-electron chi connectivity index (χ3n) is 6.38. The van der Waals surface area contributed by atoms with Crippen molar-refractivity contribution in [1.29, 1.82) is 0 Å². The summed E-state index contributed by atoms with van der Waals surface area (Å²) in [6, 6.07) is 28.7. The van der Waals surface area contributed by atoms with Gasteiger partial charge < -0.3 is 19.2 Å². The summed E-state index contributed by atoms with van der Waals surface area (Å²) in [4.78, 5) is 30.6. The Bertz CT molecular complexity index is 1980. The van der Waals surface area contributed by atoms with Crippen LogP contribution in [0.2, 0.25) is 5.02 Å². The molecule has 0 spiro atoms. The highest BCUT2D eigenvalue weighted by atomic mass is 35.5. The van der Waals surface area contributed by atoms with E-state index in [2.05, 4.69) is 10.4 Å². The summed E-state index contributed by atoms with van der Waals surface area (Å²) in [5.74, 6) is 0.772. The number of para-hydroxylation sites is 3. The lowest BCUT2D eigenvalue weighted by atomic mass is 10.2. The van der Waals surface area contributed by atoms with Crippen LogP contribution in [0.15, 0.2) is 111 Å². The van der Waals surface area contributed by atoms with Gasteiger partial charge in [0.1, 0.15) is 5.58 Å². The van der Waals surface area contributed by atoms with Gasteiger partial charge >= 0.3 is 0 Å². The van der Waals surface area contributed by atoms with Gasteiger partial charge in [-0.15, -0.1) is 0 Å². The summed E-state index contributed by atoms with van der Waals surface area (Å²) in [5, 5.41) is 8.70. The van der Waals surface area contributed by atoms with Gasteiger partial charge in [0.2, 0.25) is 5.82 Å². The molecular weight excluding hydrogens is 556 g/mol. The SMILES string of the molecule is COc1cc(C=Nn2c(-c3cc4ccccc4o3)nc3ccccc3c2=O)cc(Cl)c1OCC(=O)Nc1ccccc1. The number of halogens is 1. The zero-order chi connectivity index (χ0) is 29.1. The highest BCUT2D eigenvalue weighted by Gasteiger charge is 2.17. The van der Waals surface area contributed by atoms with Gasteiger partial charge in [-0.05, 0) is 54.1 Å². The molecule has 6 aromatic rings. The third-order valence-corrected chi connectivity index (χ3v) is 6.66. The predicted molar refractivity (Wildman–Crippen MR) is 163 cm³/mol. The minimum Gasteiger partial charge on any atom is -0.493 e. The molecule has 0 unspecified atom stereocenters. The first-order valence-corrected chi connectivity index (χ1v) is 13.3. The monoisotopic (exact) mass is 578 g/mol. The van der Waals surface area contributed by atoms with Crippen LogP contribution in [0.25, 0.3) is 33.5 Å². The first-order chi connectivity index (χ1) is 20.5. The summed E-state index contributed by atoms with van der Waals surface area (Å²) in [5.41, 5.74) is 1.99. The molecule has 4 aromatic carbocycles. The molecule has 0 saturated carbocycles. The minimum absolute atomic E-state index is 0.199. The first-order valence-electron chi connectivity index (χ1n) is 12.9. The average molecular weight is 579 g/mol. The zero-order valence-electron chi connectivity index (χ0n) is 22.3. The maximum Gasteiger partial charge on any atom is 0.282 e. The molecule has 0 saturated heterocycles. The fourth-order valence-corrected chi connectivity index (χ4v) is 4.69. The number of carbonyl (C=O) groups excluding carboxylic acids is 1. The summed E-state index contributed by atoms with van der Waals surface area (Å²) >= 11 is 6.53. The average Bonchev–Trinajstić information content (AvgIpc) is 3.44. The van der Waals surface area contributed by atoms with Crippen LogP contribution in [0.3, 0.4) is 0 Å². The number of fused-ring (bicyclic) bond motifs is 2. The summed E-state index contributed by atoms with van der Waals surface area (Å²) < 4.78 is 18.4. The Balaban J connectivity index is 1.32. The van der Waals surface area contributed by atoms with Crippen molar-refractivity contribution < 1.29 is 18.7 Å². The van der Waals surface area contributed by atoms with E-state index in [0.717, 1.165) is 5.39 Å². The van der Waals surface area contributed by atoms with Crippen LogP contribution >= 0.6 is 11.6 Å². The van der Waals surface area contributed by atoms with E-state index in [1.165, 1.54) is 18.0 Å². The molecule has 9 nitrogen and oxygen atoms in total. The van der Waals surface area contributed by atoms with Crippen LogP contribution in [0.5, 0.6) is 11.5 Å². The minimum atomic E-state index is -0.366. The van der Waals surface area contributed by atoms with Crippen molar-refractivity contribution in [2.24, 2.45) is 5.10 Å². The van der Waals surface area contributed by atoms with Gasteiger partial charge in [-0.25, -0.2) is 4.98 Å². The molecule has 6 rings (SSSR count). The molecule has 0 aliphatic rings. The lowest BCUT2D eigenvalue weighted by Crippen LogP contribution is -2.20. The molecule has 1 N–H and O–H groups in total. The van der Waals surface area contributed by atoms with E-state index in [1.807, 2.05) is 54.6 Å². The van der Waals surface area contributed by atoms with Crippen molar-refractivity contribution in [3.05, 3.63) is 118 Å². The summed E-state index contributed by atoms with van der Waals surface area (Å²) in [6.45, 7) is -0.280. The molecule has 0 bridgehead atoms. The highest BCUT2D eigenvalue weighted by Crippen LogP contribution is 2.36. The molecule has 208 valence electrons. The number of aromatic nitrogens is 2. The number of amides is 1. The summed E-state index contributed by atoms with van der Waals surface area (Å²) in [7, 11) is 1.46. The van der Waals surface area contributed by atoms with E-state index in [4.69, 9.17) is 30.5 Å². The maximum atomic E-state index is 13.5. The lowest BCUT2D eigenvalue weighted by molar-refractivity contribution is -0.118. The molecule has 0 aliphatic heterocycles. The number of hydrogen-bond acceptors (Lipinski definition) is 7. The molecule has 10 heteroatoms. The van der Waals surface area contributed by atoms with Crippen LogP contribution in [-0.2, 0) is 4.79 Å². The Labute approximate surface area is 244 Å². The van der Waals surface area contributed by atoms with Gasteiger partial charge in [-0.1, -0.05) is 60.1 Å². The fourth-order valence-electron chi connectivity index (χ4n) is 4.42. The number of carbonyl (C=O) groups is 1. The van der Waals surface area contributed by atoms with Gasteiger partial charge in [0, 0.05) is 11.1 Å². The number of benzene rings is 4. The Hall–Kier alpha value is -5.41. The number of methoxy groups -OCH3 is 1. The number of ether oxygens (including phenoxy) is 2. The largest absolute Gasteiger partial charge is 0.493 e. The Morgan fingerprint density at radius 2 is 1.79 bits per heavy atom. The van der Waals surface area contributed by atoms with Crippen LogP contribution < -0.4 is 20.3 Å². The maximum absolute atomic E-state index is 13.5. The molecule has 0 radical (unpaired) electrons. The van der Waals surface area contributed by atoms with Crippen LogP contribution in [0.1, 0.15) is 5.56 Å². The molecule has 2 heterocycles. The quantitative estimate of drug-likeness (QED) is 0.210. The number of nitrogens with one attached hydrogen (secondary N) is 1. The van der Waals surface area contributed by atoms with E-state index in [9.17, 15) is 9.59 Å². The fraction of sp³-hybridized carbons (Fsp3) is 0.0625. The first kappa shape index (κ1) is 26.8. The second-order valence-corrected chi connectivity index (χ2v) is 9.61. The van der Waals surface area contributed by atoms with Crippen molar-refractivity contribution >= 4 is 51.3 Å². The van der Waals surface area contributed by atoms with Gasteiger partial charge in [-0.2, -0.15) is 9.78 Å². The van der Waals surface area contributed by atoms with Crippen LogP contribution in [0, 0.1) is 0 Å². The number of nitrogens with zero attached hydrogens (tertiary/aromatic N) is 3. The highest BCUT2D eigenvalue weighted by molar-refractivity contribution is 6.32. The molecule has 1 amide bonds. The molecule has 0 fully saturated rings. The summed E-state index contributed by atoms with van der Waals surface area (Å²) in [6.07, 6.45) is 1.46. The van der Waals surface area contributed by atoms with Crippen molar-refractivity contribution in [2.75, 3.05) is 19.0 Å². The lowest BCUT2D eigenvalue weighted by Gasteiger charge is -2.13. The Kier molecular flexibility index (Phi) is 7.40. The van der Waals surface area contributed by atoms with Crippen molar-refractivity contribution in [1.82, 2.24) is 9.66 Å². The Morgan fingerprint density at radius 1 is 1.02 bits per heavy atom. The second-order valence-electron chi connectivity index (χ2n) is 9.20. The van der Waals surface area contributed by atoms with E-state index in [1.54, 1.807) is 42.5 Å². The molecule has 42 heavy (non-hydrogen) atoms. The van der Waals surface area contributed by atoms with Crippen molar-refractivity contribution in [3.8, 4) is 23.1 Å². The van der Waals surface area contributed by atoms with Crippen molar-refractivity contribution in [2.45, 2.75) is 0 Å². The van der Waals surface area contributed by atoms with Gasteiger partial charge in [0.15, 0.2) is 23.9 Å². The van der Waals surface area contributed by atoms with Crippen LogP contribution in [0.4, 0.5) is 5.69 Å². The van der Waals surface area contributed by atoms with Gasteiger partial charge in [0.25, 0.3) is 11.5 Å². The smallest absolute Gasteiger partial charge is 0.282 e. The number of anilines is 1. The predicted octanol–water partition coefficient (Wildman–Crippen LogP) is 6.37. The van der Waals surface area contributed by atoms with E-state index >= 15 is 0 Å². The molecule has 0 atom stereocenters. The Morgan fingerprint density at radius 3 is 2.60 bits per heavy atom. The van der Waals surface area contributed by atoms with Gasteiger partial charge in [-0.3, -0.25) is 9.59 Å².